The van der Waals surface area contributed by atoms with E-state index in [0.717, 1.165) is 75.7 Å². The predicted octanol–water partition coefficient (Wildman–Crippen LogP) is 6.42. The fraction of sp³-hybridized carbons (Fsp3) is 0.333. The monoisotopic (exact) mass is 514 g/mol. The summed E-state index contributed by atoms with van der Waals surface area (Å²) in [6, 6.07) is 13.0. The van der Waals surface area contributed by atoms with E-state index in [1.54, 1.807) is 6.07 Å². The molecule has 0 unspecified atom stereocenters. The first-order chi connectivity index (χ1) is 18.3. The van der Waals surface area contributed by atoms with Crippen LogP contribution in [0, 0.1) is 19.7 Å². The molecule has 7 nitrogen and oxygen atoms in total. The van der Waals surface area contributed by atoms with Crippen LogP contribution < -0.4 is 4.74 Å². The highest BCUT2D eigenvalue weighted by atomic mass is 19.1. The first kappa shape index (κ1) is 27.1. The van der Waals surface area contributed by atoms with Gasteiger partial charge in [-0.15, -0.1) is 0 Å². The maximum Gasteiger partial charge on any atom is 0.177 e. The molecule has 0 radical (unpaired) electrons. The van der Waals surface area contributed by atoms with Gasteiger partial charge in [0.2, 0.25) is 0 Å². The Morgan fingerprint density at radius 3 is 2.50 bits per heavy atom. The molecule has 0 saturated carbocycles. The number of benzene rings is 2. The molecule has 3 heterocycles. The maximum absolute atomic E-state index is 13.1. The Hall–Kier alpha value is -3.91. The number of H-pyrrole nitrogens is 1. The molecule has 5 aromatic rings. The van der Waals surface area contributed by atoms with Crippen molar-refractivity contribution in [1.82, 2.24) is 29.8 Å². The van der Waals surface area contributed by atoms with Gasteiger partial charge in [0.25, 0.3) is 0 Å². The Morgan fingerprint density at radius 2 is 1.76 bits per heavy atom. The summed E-state index contributed by atoms with van der Waals surface area (Å²) in [6.07, 6.45) is 3.85. The van der Waals surface area contributed by atoms with Crippen molar-refractivity contribution < 1.29 is 9.13 Å². The maximum atomic E-state index is 13.1. The SMILES string of the molecule is CCCOc1ccc(-c2cnc3nc(C)[nH]c3c2)cc1CC.Cc1nc(CN(C)C)nc2ccc(F)cc12. The molecule has 0 aliphatic carbocycles. The Bertz CT molecular complexity index is 1550. The van der Waals surface area contributed by atoms with Gasteiger partial charge in [0, 0.05) is 22.8 Å². The van der Waals surface area contributed by atoms with E-state index in [1.807, 2.05) is 39.0 Å². The normalized spacial score (nSPS) is 11.2. The number of nitrogens with zero attached hydrogens (tertiary/aromatic N) is 5. The third kappa shape index (κ3) is 6.50. The van der Waals surface area contributed by atoms with Crippen molar-refractivity contribution in [2.24, 2.45) is 0 Å². The third-order valence-electron chi connectivity index (χ3n) is 6.04. The quantitative estimate of drug-likeness (QED) is 0.270. The summed E-state index contributed by atoms with van der Waals surface area (Å²) >= 11 is 0. The Balaban J connectivity index is 0.000000186. The van der Waals surface area contributed by atoms with Crippen molar-refractivity contribution in [3.8, 4) is 16.9 Å². The smallest absolute Gasteiger partial charge is 0.177 e. The summed E-state index contributed by atoms with van der Waals surface area (Å²) in [5.41, 5.74) is 6.83. The highest BCUT2D eigenvalue weighted by molar-refractivity contribution is 5.81. The minimum Gasteiger partial charge on any atom is -0.493 e. The van der Waals surface area contributed by atoms with Crippen molar-refractivity contribution in [3.05, 3.63) is 77.4 Å². The van der Waals surface area contributed by atoms with E-state index in [9.17, 15) is 4.39 Å². The van der Waals surface area contributed by atoms with Crippen LogP contribution in [0.5, 0.6) is 5.75 Å². The second-order valence-electron chi connectivity index (χ2n) is 9.57. The molecule has 38 heavy (non-hydrogen) atoms. The second kappa shape index (κ2) is 12.1. The lowest BCUT2D eigenvalue weighted by molar-refractivity contribution is 0.314. The molecule has 0 spiro atoms. The molecular weight excluding hydrogens is 479 g/mol. The van der Waals surface area contributed by atoms with Crippen molar-refractivity contribution in [2.45, 2.75) is 47.1 Å². The van der Waals surface area contributed by atoms with Gasteiger partial charge in [-0.2, -0.15) is 0 Å². The number of halogens is 1. The van der Waals surface area contributed by atoms with E-state index in [1.165, 1.54) is 17.7 Å². The fourth-order valence-electron chi connectivity index (χ4n) is 4.23. The molecule has 0 fully saturated rings. The summed E-state index contributed by atoms with van der Waals surface area (Å²) < 4.78 is 18.9. The molecule has 3 aromatic heterocycles. The standard InChI is InChI=1S/C18H21N3O.C12H14FN3/c1-4-8-22-17-7-6-14(9-13(17)5-2)15-10-16-18(19-11-15)21-12(3)20-16;1-8-10-6-9(13)4-5-11(10)15-12(14-8)7-16(2)3/h6-7,9-11H,4-5,8H2,1-3H3,(H,19,20,21);4-6H,7H2,1-3H3. The number of rotatable bonds is 7. The summed E-state index contributed by atoms with van der Waals surface area (Å²) in [7, 11) is 3.93. The number of pyridine rings is 1. The van der Waals surface area contributed by atoms with Gasteiger partial charge in [-0.05, 0) is 88.3 Å². The van der Waals surface area contributed by atoms with Gasteiger partial charge in [0.15, 0.2) is 5.65 Å². The zero-order valence-corrected chi connectivity index (χ0v) is 23.0. The van der Waals surface area contributed by atoms with E-state index in [-0.39, 0.29) is 5.82 Å². The number of ether oxygens (including phenoxy) is 1. The van der Waals surface area contributed by atoms with Gasteiger partial charge in [0.1, 0.15) is 23.2 Å². The molecule has 0 bridgehead atoms. The number of imidazole rings is 1. The summed E-state index contributed by atoms with van der Waals surface area (Å²) in [4.78, 5) is 22.8. The largest absolute Gasteiger partial charge is 0.493 e. The van der Waals surface area contributed by atoms with E-state index >= 15 is 0 Å². The van der Waals surface area contributed by atoms with E-state index in [0.29, 0.717) is 6.54 Å². The molecule has 5 rings (SSSR count). The second-order valence-corrected chi connectivity index (χ2v) is 9.57. The molecule has 0 atom stereocenters. The number of aromatic nitrogens is 5. The predicted molar refractivity (Wildman–Crippen MR) is 151 cm³/mol. The first-order valence-corrected chi connectivity index (χ1v) is 12.9. The number of hydrogen-bond acceptors (Lipinski definition) is 6. The molecule has 1 N–H and O–H groups in total. The van der Waals surface area contributed by atoms with Crippen LogP contribution >= 0.6 is 0 Å². The van der Waals surface area contributed by atoms with E-state index < -0.39 is 0 Å². The van der Waals surface area contributed by atoms with Crippen LogP contribution in [0.3, 0.4) is 0 Å². The van der Waals surface area contributed by atoms with Crippen LogP contribution in [-0.2, 0) is 13.0 Å². The molecule has 0 saturated heterocycles. The highest BCUT2D eigenvalue weighted by Gasteiger charge is 2.09. The van der Waals surface area contributed by atoms with Crippen LogP contribution in [0.15, 0.2) is 48.7 Å². The lowest BCUT2D eigenvalue weighted by Gasteiger charge is -2.11. The Morgan fingerprint density at radius 1 is 0.947 bits per heavy atom. The van der Waals surface area contributed by atoms with Crippen molar-refractivity contribution in [2.75, 3.05) is 20.7 Å². The van der Waals surface area contributed by atoms with Gasteiger partial charge in [-0.3, -0.25) is 0 Å². The molecule has 0 amide bonds. The molecule has 0 aliphatic rings. The zero-order valence-electron chi connectivity index (χ0n) is 23.0. The molecule has 198 valence electrons. The van der Waals surface area contributed by atoms with Crippen LogP contribution in [-0.4, -0.2) is 50.5 Å². The third-order valence-corrected chi connectivity index (χ3v) is 6.04. The topological polar surface area (TPSA) is 79.8 Å². The summed E-state index contributed by atoms with van der Waals surface area (Å²) in [6.45, 7) is 9.53. The lowest BCUT2D eigenvalue weighted by atomic mass is 10.0. The number of aromatic amines is 1. The van der Waals surface area contributed by atoms with Crippen LogP contribution in [0.1, 0.15) is 43.2 Å². The number of hydrogen-bond donors (Lipinski definition) is 1. The van der Waals surface area contributed by atoms with Crippen LogP contribution in [0.25, 0.3) is 33.2 Å². The minimum atomic E-state index is -0.250. The number of nitrogens with one attached hydrogen (secondary N) is 1. The van der Waals surface area contributed by atoms with Crippen molar-refractivity contribution >= 4 is 22.1 Å². The first-order valence-electron chi connectivity index (χ1n) is 12.9. The van der Waals surface area contributed by atoms with Gasteiger partial charge in [-0.1, -0.05) is 19.9 Å². The van der Waals surface area contributed by atoms with Crippen LogP contribution in [0.4, 0.5) is 4.39 Å². The minimum absolute atomic E-state index is 0.250. The van der Waals surface area contributed by atoms with Crippen molar-refractivity contribution in [3.63, 3.8) is 0 Å². The molecule has 8 heteroatoms. The number of aryl methyl sites for hydroxylation is 3. The zero-order chi connectivity index (χ0) is 27.2. The van der Waals surface area contributed by atoms with E-state index in [2.05, 4.69) is 63.0 Å². The van der Waals surface area contributed by atoms with Gasteiger partial charge >= 0.3 is 0 Å². The highest BCUT2D eigenvalue weighted by Crippen LogP contribution is 2.28. The average Bonchev–Trinajstić information content (AvgIpc) is 3.27. The number of fused-ring (bicyclic) bond motifs is 2. The fourth-order valence-corrected chi connectivity index (χ4v) is 4.23. The van der Waals surface area contributed by atoms with E-state index in [4.69, 9.17) is 4.74 Å². The molecular formula is C30H35FN6O. The van der Waals surface area contributed by atoms with Crippen molar-refractivity contribution in [1.29, 1.82) is 0 Å². The lowest BCUT2D eigenvalue weighted by Crippen LogP contribution is -2.14. The van der Waals surface area contributed by atoms with Crippen LogP contribution in [0.2, 0.25) is 0 Å². The summed E-state index contributed by atoms with van der Waals surface area (Å²) in [5, 5.41) is 0.780. The average molecular weight is 515 g/mol. The molecule has 0 aliphatic heterocycles. The molecule has 2 aromatic carbocycles. The van der Waals surface area contributed by atoms with Gasteiger partial charge in [0.05, 0.1) is 24.2 Å². The Kier molecular flexibility index (Phi) is 8.63. The summed E-state index contributed by atoms with van der Waals surface area (Å²) in [5.74, 6) is 2.39. The Labute approximate surface area is 223 Å². The van der Waals surface area contributed by atoms with Gasteiger partial charge < -0.3 is 14.6 Å². The van der Waals surface area contributed by atoms with Gasteiger partial charge in [-0.25, -0.2) is 24.3 Å².